The van der Waals surface area contributed by atoms with Gasteiger partial charge in [0.2, 0.25) is 5.88 Å². The van der Waals surface area contributed by atoms with Crippen LogP contribution < -0.4 is 16.0 Å². The predicted octanol–water partition coefficient (Wildman–Crippen LogP) is 2.70. The molecular formula is C21H18N4O4. The second-order valence-electron chi connectivity index (χ2n) is 6.25. The van der Waals surface area contributed by atoms with Crippen molar-refractivity contribution in [2.45, 2.75) is 6.92 Å². The Morgan fingerprint density at radius 3 is 2.76 bits per heavy atom. The topological polar surface area (TPSA) is 109 Å². The number of nitrogen functional groups attached to an aromatic ring is 1. The van der Waals surface area contributed by atoms with Gasteiger partial charge in [-0.25, -0.2) is 4.79 Å². The number of carbonyl (C=O) groups excluding carboxylic acids is 1. The molecular weight excluding hydrogens is 372 g/mol. The zero-order valence-corrected chi connectivity index (χ0v) is 15.9. The standard InChI is InChI=1S/C21H18N4O4/c1-3-29-16-8-7-14-18(22)17(21(27)28-2)20(26)25(19(14)24-16)15-6-4-5-12-11-23-10-9-13(12)15/h4-11H,3,22H2,1-2H3. The van der Waals surface area contributed by atoms with Crippen LogP contribution in [0.1, 0.15) is 17.3 Å². The second-order valence-corrected chi connectivity index (χ2v) is 6.25. The molecule has 0 atom stereocenters. The molecule has 0 aliphatic rings. The molecule has 4 rings (SSSR count). The van der Waals surface area contributed by atoms with Crippen LogP contribution in [0, 0.1) is 0 Å². The van der Waals surface area contributed by atoms with Crippen molar-refractivity contribution in [1.29, 1.82) is 0 Å². The summed E-state index contributed by atoms with van der Waals surface area (Å²) in [5.74, 6) is -0.459. The van der Waals surface area contributed by atoms with Crippen molar-refractivity contribution in [2.24, 2.45) is 0 Å². The molecule has 3 aromatic heterocycles. The van der Waals surface area contributed by atoms with Crippen molar-refractivity contribution >= 4 is 33.5 Å². The number of hydrogen-bond donors (Lipinski definition) is 1. The fourth-order valence-electron chi connectivity index (χ4n) is 3.32. The van der Waals surface area contributed by atoms with Crippen LogP contribution in [-0.2, 0) is 4.74 Å². The van der Waals surface area contributed by atoms with Crippen LogP contribution in [0.3, 0.4) is 0 Å². The SMILES string of the molecule is CCOc1ccc2c(N)c(C(=O)OC)c(=O)n(-c3cccc4cnccc34)c2n1. The summed E-state index contributed by atoms with van der Waals surface area (Å²) in [6, 6.07) is 10.6. The van der Waals surface area contributed by atoms with Gasteiger partial charge >= 0.3 is 5.97 Å². The summed E-state index contributed by atoms with van der Waals surface area (Å²) in [7, 11) is 1.20. The van der Waals surface area contributed by atoms with E-state index in [1.54, 1.807) is 42.7 Å². The molecule has 0 bridgehead atoms. The number of rotatable bonds is 4. The molecule has 0 aliphatic carbocycles. The minimum absolute atomic E-state index is 0.0190. The Labute approximate surface area is 165 Å². The molecule has 29 heavy (non-hydrogen) atoms. The molecule has 3 heterocycles. The number of anilines is 1. The number of hydrogen-bond acceptors (Lipinski definition) is 7. The number of ether oxygens (including phenoxy) is 2. The Morgan fingerprint density at radius 2 is 2.00 bits per heavy atom. The summed E-state index contributed by atoms with van der Waals surface area (Å²) in [4.78, 5) is 34.4. The molecule has 0 fully saturated rings. The highest BCUT2D eigenvalue weighted by Gasteiger charge is 2.24. The number of pyridine rings is 3. The molecule has 0 amide bonds. The van der Waals surface area contributed by atoms with Crippen LogP contribution in [0.2, 0.25) is 0 Å². The number of nitrogens with zero attached hydrogens (tertiary/aromatic N) is 3. The zero-order chi connectivity index (χ0) is 20.5. The van der Waals surface area contributed by atoms with Crippen LogP contribution in [-0.4, -0.2) is 34.2 Å². The Morgan fingerprint density at radius 1 is 1.17 bits per heavy atom. The number of benzene rings is 1. The normalized spacial score (nSPS) is 11.0. The van der Waals surface area contributed by atoms with Gasteiger partial charge in [0.05, 0.1) is 25.1 Å². The molecule has 146 valence electrons. The van der Waals surface area contributed by atoms with E-state index in [-0.39, 0.29) is 16.9 Å². The highest BCUT2D eigenvalue weighted by molar-refractivity contribution is 6.04. The first kappa shape index (κ1) is 18.4. The lowest BCUT2D eigenvalue weighted by molar-refractivity contribution is 0.0600. The van der Waals surface area contributed by atoms with Crippen molar-refractivity contribution in [1.82, 2.24) is 14.5 Å². The molecule has 0 unspecified atom stereocenters. The lowest BCUT2D eigenvalue weighted by Crippen LogP contribution is -2.29. The Balaban J connectivity index is 2.20. The van der Waals surface area contributed by atoms with Gasteiger partial charge in [0.1, 0.15) is 5.56 Å². The van der Waals surface area contributed by atoms with E-state index >= 15 is 0 Å². The lowest BCUT2D eigenvalue weighted by Gasteiger charge is -2.16. The number of carbonyl (C=O) groups is 1. The van der Waals surface area contributed by atoms with E-state index in [1.807, 2.05) is 13.0 Å². The minimum Gasteiger partial charge on any atom is -0.478 e. The maximum atomic E-state index is 13.4. The molecule has 0 saturated heterocycles. The molecule has 0 aliphatic heterocycles. The highest BCUT2D eigenvalue weighted by Crippen LogP contribution is 2.28. The maximum Gasteiger partial charge on any atom is 0.345 e. The second kappa shape index (κ2) is 7.23. The van der Waals surface area contributed by atoms with E-state index in [2.05, 4.69) is 9.97 Å². The van der Waals surface area contributed by atoms with Crippen LogP contribution in [0.4, 0.5) is 5.69 Å². The van der Waals surface area contributed by atoms with Gasteiger partial charge in [-0.2, -0.15) is 4.98 Å². The molecule has 0 radical (unpaired) electrons. The van der Waals surface area contributed by atoms with Crippen molar-refractivity contribution in [2.75, 3.05) is 19.5 Å². The third-order valence-electron chi connectivity index (χ3n) is 4.62. The molecule has 2 N–H and O–H groups in total. The van der Waals surface area contributed by atoms with Gasteiger partial charge in [-0.05, 0) is 25.1 Å². The lowest BCUT2D eigenvalue weighted by atomic mass is 10.1. The van der Waals surface area contributed by atoms with Crippen LogP contribution >= 0.6 is 0 Å². The molecule has 0 saturated carbocycles. The predicted molar refractivity (Wildman–Crippen MR) is 110 cm³/mol. The van der Waals surface area contributed by atoms with Crippen molar-refractivity contribution < 1.29 is 14.3 Å². The van der Waals surface area contributed by atoms with Crippen molar-refractivity contribution in [3.8, 4) is 11.6 Å². The maximum absolute atomic E-state index is 13.4. The number of methoxy groups -OCH3 is 1. The summed E-state index contributed by atoms with van der Waals surface area (Å²) in [6.07, 6.45) is 3.33. The van der Waals surface area contributed by atoms with E-state index < -0.39 is 11.5 Å². The monoisotopic (exact) mass is 390 g/mol. The Bertz CT molecular complexity index is 1310. The van der Waals surface area contributed by atoms with Crippen LogP contribution in [0.15, 0.2) is 53.6 Å². The number of nitrogens with two attached hydrogens (primary N) is 1. The molecule has 8 nitrogen and oxygen atoms in total. The van der Waals surface area contributed by atoms with Crippen LogP contribution in [0.25, 0.3) is 27.5 Å². The van der Waals surface area contributed by atoms with Crippen LogP contribution in [0.5, 0.6) is 5.88 Å². The quantitative estimate of drug-likeness (QED) is 0.534. The zero-order valence-electron chi connectivity index (χ0n) is 15.9. The third kappa shape index (κ3) is 2.94. The van der Waals surface area contributed by atoms with Gasteiger partial charge in [-0.3, -0.25) is 14.3 Å². The average molecular weight is 390 g/mol. The Hall–Kier alpha value is -3.94. The van der Waals surface area contributed by atoms with E-state index in [9.17, 15) is 9.59 Å². The van der Waals surface area contributed by atoms with E-state index in [0.29, 0.717) is 23.6 Å². The van der Waals surface area contributed by atoms with Crippen molar-refractivity contribution in [3.63, 3.8) is 0 Å². The smallest absolute Gasteiger partial charge is 0.345 e. The summed E-state index contributed by atoms with van der Waals surface area (Å²) < 4.78 is 11.7. The van der Waals surface area contributed by atoms with E-state index in [1.165, 1.54) is 11.7 Å². The van der Waals surface area contributed by atoms with E-state index in [4.69, 9.17) is 15.2 Å². The third-order valence-corrected chi connectivity index (χ3v) is 4.62. The first-order valence-electron chi connectivity index (χ1n) is 8.96. The molecule has 4 aromatic rings. The van der Waals surface area contributed by atoms with Gasteiger partial charge in [0, 0.05) is 34.6 Å². The molecule has 0 spiro atoms. The number of fused-ring (bicyclic) bond motifs is 2. The fourth-order valence-corrected chi connectivity index (χ4v) is 3.32. The largest absolute Gasteiger partial charge is 0.478 e. The summed E-state index contributed by atoms with van der Waals surface area (Å²) in [5.41, 5.74) is 6.17. The molecule has 1 aromatic carbocycles. The Kier molecular flexibility index (Phi) is 4.59. The van der Waals surface area contributed by atoms with Gasteiger partial charge in [-0.1, -0.05) is 12.1 Å². The minimum atomic E-state index is -0.807. The van der Waals surface area contributed by atoms with E-state index in [0.717, 1.165) is 10.8 Å². The first-order chi connectivity index (χ1) is 14.1. The number of esters is 1. The highest BCUT2D eigenvalue weighted by atomic mass is 16.5. The molecule has 8 heteroatoms. The average Bonchev–Trinajstić information content (AvgIpc) is 2.74. The summed E-state index contributed by atoms with van der Waals surface area (Å²) in [6.45, 7) is 2.25. The fraction of sp³-hybridized carbons (Fsp3) is 0.143. The van der Waals surface area contributed by atoms with Gasteiger partial charge in [0.25, 0.3) is 5.56 Å². The van der Waals surface area contributed by atoms with Gasteiger partial charge in [-0.15, -0.1) is 0 Å². The number of aromatic nitrogens is 3. The van der Waals surface area contributed by atoms with Gasteiger partial charge in [0.15, 0.2) is 5.65 Å². The van der Waals surface area contributed by atoms with Gasteiger partial charge < -0.3 is 15.2 Å². The van der Waals surface area contributed by atoms with Crippen molar-refractivity contribution in [3.05, 3.63) is 64.7 Å². The summed E-state index contributed by atoms with van der Waals surface area (Å²) in [5, 5.41) is 2.05. The first-order valence-corrected chi connectivity index (χ1v) is 8.96. The summed E-state index contributed by atoms with van der Waals surface area (Å²) >= 11 is 0.